The van der Waals surface area contributed by atoms with Gasteiger partial charge in [-0.15, -0.1) is 0 Å². The topological polar surface area (TPSA) is 84.7 Å². The number of nitrogens with zero attached hydrogens (tertiary/aromatic N) is 4. The molecule has 7 nitrogen and oxygen atoms in total. The Morgan fingerprint density at radius 1 is 0.867 bits per heavy atom. The van der Waals surface area contributed by atoms with E-state index in [2.05, 4.69) is 25.6 Å². The fraction of sp³-hybridized carbons (Fsp3) is 0.217. The Hall–Kier alpha value is -3.74. The lowest BCUT2D eigenvalue weighted by Crippen LogP contribution is -2.22. The molecule has 1 aliphatic rings. The van der Waals surface area contributed by atoms with Crippen molar-refractivity contribution in [2.45, 2.75) is 31.3 Å². The van der Waals surface area contributed by atoms with Crippen molar-refractivity contribution in [2.24, 2.45) is 0 Å². The minimum atomic E-state index is -0.0689. The number of hydrogen-bond donors (Lipinski definition) is 2. The summed E-state index contributed by atoms with van der Waals surface area (Å²) in [6, 6.07) is 17.6. The lowest BCUT2D eigenvalue weighted by atomic mass is 10.2. The SMILES string of the molecule is O=c1ccccn1-c1ccc(N[C@H]2CC[C@H](Nc3ncc4ccccc4n3)C2)nc1. The Bertz CT molecular complexity index is 1220. The number of rotatable bonds is 5. The first-order chi connectivity index (χ1) is 14.7. The third kappa shape index (κ3) is 3.87. The Labute approximate surface area is 173 Å². The van der Waals surface area contributed by atoms with Gasteiger partial charge in [0.15, 0.2) is 0 Å². The van der Waals surface area contributed by atoms with Crippen LogP contribution in [0.1, 0.15) is 19.3 Å². The van der Waals surface area contributed by atoms with E-state index in [0.29, 0.717) is 18.0 Å². The first-order valence-corrected chi connectivity index (χ1v) is 10.1. The average molecular weight is 398 g/mol. The average Bonchev–Trinajstić information content (AvgIpc) is 3.21. The third-order valence-electron chi connectivity index (χ3n) is 5.46. The number of hydrogen-bond acceptors (Lipinski definition) is 6. The second-order valence-electron chi connectivity index (χ2n) is 7.56. The molecule has 0 amide bonds. The maximum atomic E-state index is 11.9. The third-order valence-corrected chi connectivity index (χ3v) is 5.46. The van der Waals surface area contributed by atoms with E-state index in [0.717, 1.165) is 41.7 Å². The molecule has 4 aromatic rings. The Balaban J connectivity index is 1.21. The maximum absolute atomic E-state index is 11.9. The van der Waals surface area contributed by atoms with E-state index in [-0.39, 0.29) is 5.56 Å². The standard InChI is InChI=1S/C23H22N6O/c30-22-7-3-4-12-29(22)19-10-11-21(24-15-19)26-17-8-9-18(13-17)27-23-25-14-16-5-1-2-6-20(16)28-23/h1-7,10-12,14-15,17-18H,8-9,13H2,(H,24,26)(H,25,27,28)/t17-,18-/m0/s1. The molecule has 5 rings (SSSR count). The van der Waals surface area contributed by atoms with Crippen molar-refractivity contribution in [3.63, 3.8) is 0 Å². The van der Waals surface area contributed by atoms with Gasteiger partial charge in [0.1, 0.15) is 5.82 Å². The van der Waals surface area contributed by atoms with Gasteiger partial charge in [-0.2, -0.15) is 0 Å². The van der Waals surface area contributed by atoms with Crippen LogP contribution in [0.4, 0.5) is 11.8 Å². The van der Waals surface area contributed by atoms with Crippen LogP contribution in [0.3, 0.4) is 0 Å². The summed E-state index contributed by atoms with van der Waals surface area (Å²) < 4.78 is 1.58. The van der Waals surface area contributed by atoms with Crippen LogP contribution in [0.25, 0.3) is 16.6 Å². The van der Waals surface area contributed by atoms with Gasteiger partial charge in [0.25, 0.3) is 5.56 Å². The second-order valence-corrected chi connectivity index (χ2v) is 7.56. The van der Waals surface area contributed by atoms with Crippen molar-refractivity contribution in [3.05, 3.63) is 83.5 Å². The summed E-state index contributed by atoms with van der Waals surface area (Å²) in [5.41, 5.74) is 1.63. The monoisotopic (exact) mass is 398 g/mol. The molecule has 0 unspecified atom stereocenters. The largest absolute Gasteiger partial charge is 0.367 e. The van der Waals surface area contributed by atoms with Crippen LogP contribution >= 0.6 is 0 Å². The van der Waals surface area contributed by atoms with Gasteiger partial charge in [-0.25, -0.2) is 15.0 Å². The zero-order valence-corrected chi connectivity index (χ0v) is 16.4. The van der Waals surface area contributed by atoms with E-state index in [1.807, 2.05) is 48.7 Å². The number of aromatic nitrogens is 4. The van der Waals surface area contributed by atoms with Gasteiger partial charge in [0, 0.05) is 35.9 Å². The molecule has 1 aliphatic carbocycles. The minimum Gasteiger partial charge on any atom is -0.367 e. The highest BCUT2D eigenvalue weighted by Gasteiger charge is 2.25. The van der Waals surface area contributed by atoms with Crippen molar-refractivity contribution in [1.29, 1.82) is 0 Å². The predicted octanol–water partition coefficient (Wildman–Crippen LogP) is 3.62. The molecule has 1 fully saturated rings. The summed E-state index contributed by atoms with van der Waals surface area (Å²) in [5, 5.41) is 8.01. The van der Waals surface area contributed by atoms with Gasteiger partial charge < -0.3 is 10.6 Å². The summed E-state index contributed by atoms with van der Waals surface area (Å²) in [6.45, 7) is 0. The van der Waals surface area contributed by atoms with Crippen LogP contribution in [0.2, 0.25) is 0 Å². The van der Waals surface area contributed by atoms with Gasteiger partial charge in [-0.05, 0) is 43.5 Å². The Morgan fingerprint density at radius 3 is 2.53 bits per heavy atom. The van der Waals surface area contributed by atoms with Crippen molar-refractivity contribution in [2.75, 3.05) is 10.6 Å². The molecule has 0 radical (unpaired) electrons. The number of anilines is 2. The smallest absolute Gasteiger partial charge is 0.255 e. The normalized spacial score (nSPS) is 18.4. The van der Waals surface area contributed by atoms with E-state index in [1.54, 1.807) is 23.0 Å². The molecule has 3 heterocycles. The summed E-state index contributed by atoms with van der Waals surface area (Å²) in [5.74, 6) is 1.49. The Kier molecular flexibility index (Phi) is 4.85. The van der Waals surface area contributed by atoms with Crippen LogP contribution in [0.15, 0.2) is 78.0 Å². The van der Waals surface area contributed by atoms with Crippen LogP contribution in [0.5, 0.6) is 0 Å². The molecule has 2 N–H and O–H groups in total. The molecule has 1 saturated carbocycles. The van der Waals surface area contributed by atoms with Crippen LogP contribution < -0.4 is 16.2 Å². The quantitative estimate of drug-likeness (QED) is 0.534. The molecule has 0 aliphatic heterocycles. The lowest BCUT2D eigenvalue weighted by Gasteiger charge is -2.15. The van der Waals surface area contributed by atoms with Crippen molar-refractivity contribution in [3.8, 4) is 5.69 Å². The first-order valence-electron chi connectivity index (χ1n) is 10.1. The molecule has 0 bridgehead atoms. The van der Waals surface area contributed by atoms with Gasteiger partial charge in [-0.1, -0.05) is 24.3 Å². The van der Waals surface area contributed by atoms with Gasteiger partial charge in [-0.3, -0.25) is 9.36 Å². The maximum Gasteiger partial charge on any atom is 0.255 e. The van der Waals surface area contributed by atoms with Crippen molar-refractivity contribution >= 4 is 22.7 Å². The van der Waals surface area contributed by atoms with Crippen molar-refractivity contribution < 1.29 is 0 Å². The molecule has 7 heteroatoms. The summed E-state index contributed by atoms with van der Waals surface area (Å²) in [4.78, 5) is 25.5. The minimum absolute atomic E-state index is 0.0689. The fourth-order valence-electron chi connectivity index (χ4n) is 3.93. The summed E-state index contributed by atoms with van der Waals surface area (Å²) in [6.07, 6.45) is 8.39. The zero-order valence-electron chi connectivity index (χ0n) is 16.4. The van der Waals surface area contributed by atoms with E-state index < -0.39 is 0 Å². The molecule has 0 saturated heterocycles. The predicted molar refractivity (Wildman–Crippen MR) is 118 cm³/mol. The highest BCUT2D eigenvalue weighted by molar-refractivity contribution is 5.78. The van der Waals surface area contributed by atoms with E-state index in [9.17, 15) is 4.79 Å². The summed E-state index contributed by atoms with van der Waals surface area (Å²) in [7, 11) is 0. The highest BCUT2D eigenvalue weighted by Crippen LogP contribution is 2.25. The molecule has 150 valence electrons. The molecule has 1 aromatic carbocycles. The number of fused-ring (bicyclic) bond motifs is 1. The fourth-order valence-corrected chi connectivity index (χ4v) is 3.93. The van der Waals surface area contributed by atoms with Crippen LogP contribution in [-0.4, -0.2) is 31.6 Å². The summed E-state index contributed by atoms with van der Waals surface area (Å²) >= 11 is 0. The number of para-hydroxylation sites is 1. The molecular weight excluding hydrogens is 376 g/mol. The van der Waals surface area contributed by atoms with E-state index >= 15 is 0 Å². The van der Waals surface area contributed by atoms with Gasteiger partial charge in [0.2, 0.25) is 5.95 Å². The second kappa shape index (κ2) is 7.94. The zero-order chi connectivity index (χ0) is 20.3. The van der Waals surface area contributed by atoms with Gasteiger partial charge in [0.05, 0.1) is 17.4 Å². The first kappa shape index (κ1) is 18.3. The van der Waals surface area contributed by atoms with E-state index in [1.165, 1.54) is 6.07 Å². The van der Waals surface area contributed by atoms with Crippen LogP contribution in [-0.2, 0) is 0 Å². The number of benzene rings is 1. The molecular formula is C23H22N6O. The van der Waals surface area contributed by atoms with Crippen LogP contribution in [0, 0.1) is 0 Å². The van der Waals surface area contributed by atoms with E-state index in [4.69, 9.17) is 0 Å². The molecule has 3 aromatic heterocycles. The van der Waals surface area contributed by atoms with Crippen molar-refractivity contribution in [1.82, 2.24) is 19.5 Å². The molecule has 0 spiro atoms. The highest BCUT2D eigenvalue weighted by atomic mass is 16.1. The van der Waals surface area contributed by atoms with Gasteiger partial charge >= 0.3 is 0 Å². The number of nitrogens with one attached hydrogen (secondary N) is 2. The molecule has 30 heavy (non-hydrogen) atoms. The Morgan fingerprint density at radius 2 is 1.70 bits per heavy atom. The number of pyridine rings is 2. The molecule has 2 atom stereocenters. The lowest BCUT2D eigenvalue weighted by molar-refractivity contribution is 0.717.